The molecule has 8 heteroatoms. The van der Waals surface area contributed by atoms with Gasteiger partial charge in [0.05, 0.1) is 24.3 Å². The van der Waals surface area contributed by atoms with Crippen LogP contribution in [0.15, 0.2) is 47.4 Å². The summed E-state index contributed by atoms with van der Waals surface area (Å²) in [5, 5.41) is -0.0570. The molecule has 0 aliphatic rings. The molecule has 0 saturated heterocycles. The summed E-state index contributed by atoms with van der Waals surface area (Å²) < 4.78 is 37.3. The number of benzene rings is 2. The molecular weight excluding hydrogens is 366 g/mol. The largest absolute Gasteiger partial charge is 0.494 e. The lowest BCUT2D eigenvalue weighted by molar-refractivity contribution is 0.0600. The molecule has 134 valence electrons. The van der Waals surface area contributed by atoms with Gasteiger partial charge in [-0.2, -0.15) is 0 Å². The number of ether oxygens (including phenoxy) is 2. The lowest BCUT2D eigenvalue weighted by atomic mass is 10.2. The van der Waals surface area contributed by atoms with Gasteiger partial charge >= 0.3 is 5.97 Å². The standard InChI is InChI=1S/C17H18ClNO5S/c1-3-24-14-6-4-5-12(9-14)11-19-25(21,22)16-8-7-13(10-15(16)18)17(20)23-2/h4-10,19H,3,11H2,1-2H3. The fourth-order valence-electron chi connectivity index (χ4n) is 2.13. The Morgan fingerprint density at radius 3 is 2.60 bits per heavy atom. The van der Waals surface area contributed by atoms with Gasteiger partial charge in [0.1, 0.15) is 10.6 Å². The minimum atomic E-state index is -3.84. The summed E-state index contributed by atoms with van der Waals surface area (Å²) in [7, 11) is -2.60. The molecule has 0 amide bonds. The van der Waals surface area contributed by atoms with Crippen LogP contribution in [0.5, 0.6) is 5.75 Å². The average Bonchev–Trinajstić information content (AvgIpc) is 2.59. The van der Waals surface area contributed by atoms with Gasteiger partial charge in [-0.25, -0.2) is 17.9 Å². The van der Waals surface area contributed by atoms with Crippen molar-refractivity contribution < 1.29 is 22.7 Å². The van der Waals surface area contributed by atoms with Crippen molar-refractivity contribution in [3.05, 3.63) is 58.6 Å². The summed E-state index contributed by atoms with van der Waals surface area (Å²) in [4.78, 5) is 11.4. The molecule has 0 fully saturated rings. The van der Waals surface area contributed by atoms with E-state index in [0.29, 0.717) is 12.4 Å². The topological polar surface area (TPSA) is 81.7 Å². The van der Waals surface area contributed by atoms with Crippen LogP contribution >= 0.6 is 11.6 Å². The Bertz CT molecular complexity index is 867. The molecule has 2 aromatic carbocycles. The summed E-state index contributed by atoms with van der Waals surface area (Å²) in [5.74, 6) is 0.0752. The summed E-state index contributed by atoms with van der Waals surface area (Å²) in [6.07, 6.45) is 0. The predicted octanol–water partition coefficient (Wildman–Crippen LogP) is 3.00. The van der Waals surface area contributed by atoms with Crippen molar-refractivity contribution in [3.8, 4) is 5.75 Å². The summed E-state index contributed by atoms with van der Waals surface area (Å²) in [6.45, 7) is 2.48. The second-order valence-corrected chi connectivity index (χ2v) is 7.18. The van der Waals surface area contributed by atoms with Gasteiger partial charge in [0.15, 0.2) is 0 Å². The summed E-state index contributed by atoms with van der Waals surface area (Å²) in [6, 6.07) is 11.0. The van der Waals surface area contributed by atoms with Crippen LogP contribution in [0, 0.1) is 0 Å². The van der Waals surface area contributed by atoms with E-state index in [1.54, 1.807) is 24.3 Å². The molecule has 25 heavy (non-hydrogen) atoms. The Labute approximate surface area is 151 Å². The summed E-state index contributed by atoms with van der Waals surface area (Å²) in [5.41, 5.74) is 0.924. The number of esters is 1. The Morgan fingerprint density at radius 1 is 1.20 bits per heavy atom. The Hall–Kier alpha value is -2.09. The van der Waals surface area contributed by atoms with Crippen LogP contribution in [0.1, 0.15) is 22.8 Å². The van der Waals surface area contributed by atoms with Crippen LogP contribution in [0.4, 0.5) is 0 Å². The highest BCUT2D eigenvalue weighted by atomic mass is 35.5. The highest BCUT2D eigenvalue weighted by Crippen LogP contribution is 2.23. The normalized spacial score (nSPS) is 11.2. The van der Waals surface area contributed by atoms with Crippen LogP contribution in [-0.4, -0.2) is 28.1 Å². The zero-order chi connectivity index (χ0) is 18.4. The van der Waals surface area contributed by atoms with Crippen LogP contribution in [0.2, 0.25) is 5.02 Å². The zero-order valence-electron chi connectivity index (χ0n) is 13.8. The second kappa shape index (κ2) is 8.33. The molecule has 0 radical (unpaired) electrons. The molecular formula is C17H18ClNO5S. The SMILES string of the molecule is CCOc1cccc(CNS(=O)(=O)c2ccc(C(=O)OC)cc2Cl)c1. The molecule has 2 rings (SSSR count). The van der Waals surface area contributed by atoms with Crippen molar-refractivity contribution >= 4 is 27.6 Å². The van der Waals surface area contributed by atoms with Gasteiger partial charge in [0.2, 0.25) is 10.0 Å². The van der Waals surface area contributed by atoms with E-state index in [0.717, 1.165) is 5.56 Å². The maximum Gasteiger partial charge on any atom is 0.337 e. The number of halogens is 1. The minimum absolute atomic E-state index is 0.0570. The number of nitrogens with one attached hydrogen (secondary N) is 1. The molecule has 0 aliphatic carbocycles. The molecule has 0 spiro atoms. The van der Waals surface area contributed by atoms with E-state index in [9.17, 15) is 13.2 Å². The quantitative estimate of drug-likeness (QED) is 0.743. The Balaban J connectivity index is 2.16. The smallest absolute Gasteiger partial charge is 0.337 e. The maximum absolute atomic E-state index is 12.4. The molecule has 0 unspecified atom stereocenters. The molecule has 0 saturated carbocycles. The lowest BCUT2D eigenvalue weighted by Gasteiger charge is -2.10. The molecule has 0 atom stereocenters. The van der Waals surface area contributed by atoms with E-state index in [-0.39, 0.29) is 22.0 Å². The van der Waals surface area contributed by atoms with Gasteiger partial charge < -0.3 is 9.47 Å². The number of sulfonamides is 1. The maximum atomic E-state index is 12.4. The first-order valence-electron chi connectivity index (χ1n) is 7.46. The number of carbonyl (C=O) groups is 1. The van der Waals surface area contributed by atoms with Crippen molar-refractivity contribution in [2.45, 2.75) is 18.4 Å². The zero-order valence-corrected chi connectivity index (χ0v) is 15.4. The molecule has 1 N–H and O–H groups in total. The van der Waals surface area contributed by atoms with Crippen molar-refractivity contribution in [2.24, 2.45) is 0 Å². The predicted molar refractivity (Wildman–Crippen MR) is 94.4 cm³/mol. The van der Waals surface area contributed by atoms with Gasteiger partial charge in [0, 0.05) is 6.54 Å². The first-order valence-corrected chi connectivity index (χ1v) is 9.32. The average molecular weight is 384 g/mol. The first-order chi connectivity index (χ1) is 11.9. The molecule has 0 aliphatic heterocycles. The Morgan fingerprint density at radius 2 is 1.96 bits per heavy atom. The van der Waals surface area contributed by atoms with Gasteiger partial charge in [-0.1, -0.05) is 23.7 Å². The third-order valence-corrected chi connectivity index (χ3v) is 5.20. The molecule has 0 bridgehead atoms. The number of hydrogen-bond donors (Lipinski definition) is 1. The number of hydrogen-bond acceptors (Lipinski definition) is 5. The van der Waals surface area contributed by atoms with E-state index < -0.39 is 16.0 Å². The highest BCUT2D eigenvalue weighted by Gasteiger charge is 2.19. The van der Waals surface area contributed by atoms with Crippen molar-refractivity contribution in [1.29, 1.82) is 0 Å². The fourth-order valence-corrected chi connectivity index (χ4v) is 3.69. The highest BCUT2D eigenvalue weighted by molar-refractivity contribution is 7.89. The van der Waals surface area contributed by atoms with E-state index in [1.807, 2.05) is 6.92 Å². The van der Waals surface area contributed by atoms with Gasteiger partial charge in [-0.15, -0.1) is 0 Å². The van der Waals surface area contributed by atoms with Crippen LogP contribution in [0.3, 0.4) is 0 Å². The van der Waals surface area contributed by atoms with Crippen LogP contribution < -0.4 is 9.46 Å². The van der Waals surface area contributed by atoms with Crippen molar-refractivity contribution in [1.82, 2.24) is 4.72 Å². The third kappa shape index (κ3) is 4.94. The van der Waals surface area contributed by atoms with Gasteiger partial charge in [0.25, 0.3) is 0 Å². The Kier molecular flexibility index (Phi) is 6.41. The number of carbonyl (C=O) groups excluding carboxylic acids is 1. The number of methoxy groups -OCH3 is 1. The van der Waals surface area contributed by atoms with Crippen LogP contribution in [-0.2, 0) is 21.3 Å². The summed E-state index contributed by atoms with van der Waals surface area (Å²) >= 11 is 6.02. The van der Waals surface area contributed by atoms with E-state index in [4.69, 9.17) is 16.3 Å². The molecule has 0 aromatic heterocycles. The monoisotopic (exact) mass is 383 g/mol. The molecule has 6 nitrogen and oxygen atoms in total. The van der Waals surface area contributed by atoms with E-state index >= 15 is 0 Å². The van der Waals surface area contributed by atoms with Crippen molar-refractivity contribution in [2.75, 3.05) is 13.7 Å². The molecule has 2 aromatic rings. The van der Waals surface area contributed by atoms with E-state index in [2.05, 4.69) is 9.46 Å². The fraction of sp³-hybridized carbons (Fsp3) is 0.235. The van der Waals surface area contributed by atoms with Crippen LogP contribution in [0.25, 0.3) is 0 Å². The molecule has 0 heterocycles. The second-order valence-electron chi connectivity index (χ2n) is 5.04. The van der Waals surface area contributed by atoms with Crippen molar-refractivity contribution in [3.63, 3.8) is 0 Å². The lowest BCUT2D eigenvalue weighted by Crippen LogP contribution is -2.23. The number of rotatable bonds is 7. The van der Waals surface area contributed by atoms with E-state index in [1.165, 1.54) is 25.3 Å². The van der Waals surface area contributed by atoms with Gasteiger partial charge in [-0.3, -0.25) is 0 Å². The third-order valence-electron chi connectivity index (χ3n) is 3.32. The minimum Gasteiger partial charge on any atom is -0.494 e. The first kappa shape index (κ1) is 19.2. The van der Waals surface area contributed by atoms with Gasteiger partial charge in [-0.05, 0) is 42.8 Å².